The fraction of sp³-hybridized carbons (Fsp3) is 0.357. The van der Waals surface area contributed by atoms with Gasteiger partial charge in [-0.25, -0.2) is 4.98 Å². The maximum atomic E-state index is 10.3. The Morgan fingerprint density at radius 3 is 3.00 bits per heavy atom. The monoisotopic (exact) mass is 277 g/mol. The van der Waals surface area contributed by atoms with Crippen molar-refractivity contribution in [1.82, 2.24) is 4.98 Å². The molecule has 0 fully saturated rings. The Morgan fingerprint density at radius 2 is 2.28 bits per heavy atom. The van der Waals surface area contributed by atoms with Gasteiger partial charge in [-0.15, -0.1) is 23.1 Å². The average Bonchev–Trinajstić information content (AvgIpc) is 2.95. The number of aliphatic hydroxyl groups is 1. The Bertz CT molecular complexity index is 527. The van der Waals surface area contributed by atoms with Gasteiger partial charge >= 0.3 is 0 Å². The van der Waals surface area contributed by atoms with Gasteiger partial charge in [-0.3, -0.25) is 0 Å². The van der Waals surface area contributed by atoms with E-state index in [1.807, 2.05) is 12.3 Å². The van der Waals surface area contributed by atoms with Crippen LogP contribution in [-0.2, 0) is 12.8 Å². The summed E-state index contributed by atoms with van der Waals surface area (Å²) in [5.41, 5.74) is 2.41. The van der Waals surface area contributed by atoms with E-state index in [1.165, 1.54) is 10.5 Å². The number of thiazole rings is 1. The molecule has 3 rings (SSSR count). The van der Waals surface area contributed by atoms with Gasteiger partial charge in [0.2, 0.25) is 0 Å². The maximum absolute atomic E-state index is 10.3. The van der Waals surface area contributed by atoms with Gasteiger partial charge in [0, 0.05) is 27.6 Å². The van der Waals surface area contributed by atoms with E-state index in [2.05, 4.69) is 29.2 Å². The molecule has 18 heavy (non-hydrogen) atoms. The molecule has 1 N–H and O–H groups in total. The smallest absolute Gasteiger partial charge is 0.0954 e. The largest absolute Gasteiger partial charge is 0.392 e. The Kier molecular flexibility index (Phi) is 3.41. The highest BCUT2D eigenvalue weighted by Gasteiger charge is 2.28. The van der Waals surface area contributed by atoms with E-state index in [0.717, 1.165) is 17.1 Å². The van der Waals surface area contributed by atoms with Crippen LogP contribution in [0.1, 0.15) is 16.3 Å². The van der Waals surface area contributed by atoms with Gasteiger partial charge in [0.15, 0.2) is 0 Å². The molecule has 0 saturated heterocycles. The fourth-order valence-corrected chi connectivity index (χ4v) is 4.36. The lowest BCUT2D eigenvalue weighted by atomic mass is 10.1. The number of rotatable bonds is 3. The standard InChI is InChI=1S/C14H15NOS2/c1-9-8-17-14(15-9)7-11(16)13-6-10-4-2-3-5-12(10)18-13/h2-5,8,11,13,16H,6-7H2,1H3. The highest BCUT2D eigenvalue weighted by molar-refractivity contribution is 8.00. The summed E-state index contributed by atoms with van der Waals surface area (Å²) in [4.78, 5) is 5.74. The van der Waals surface area contributed by atoms with Gasteiger partial charge in [-0.05, 0) is 25.0 Å². The second-order valence-electron chi connectivity index (χ2n) is 4.62. The second kappa shape index (κ2) is 5.03. The third kappa shape index (κ3) is 2.46. The van der Waals surface area contributed by atoms with Gasteiger partial charge in [0.1, 0.15) is 0 Å². The van der Waals surface area contributed by atoms with E-state index >= 15 is 0 Å². The molecule has 2 heterocycles. The zero-order valence-corrected chi connectivity index (χ0v) is 11.8. The Morgan fingerprint density at radius 1 is 1.44 bits per heavy atom. The quantitative estimate of drug-likeness (QED) is 0.936. The normalized spacial score (nSPS) is 19.8. The molecule has 2 nitrogen and oxygen atoms in total. The lowest BCUT2D eigenvalue weighted by Crippen LogP contribution is -2.24. The van der Waals surface area contributed by atoms with E-state index in [-0.39, 0.29) is 11.4 Å². The predicted molar refractivity (Wildman–Crippen MR) is 76.4 cm³/mol. The number of thioether (sulfide) groups is 1. The van der Waals surface area contributed by atoms with Crippen molar-refractivity contribution >= 4 is 23.1 Å². The first-order valence-corrected chi connectivity index (χ1v) is 7.82. The number of benzene rings is 1. The van der Waals surface area contributed by atoms with Gasteiger partial charge < -0.3 is 5.11 Å². The van der Waals surface area contributed by atoms with E-state index in [1.54, 1.807) is 23.1 Å². The summed E-state index contributed by atoms with van der Waals surface area (Å²) in [5, 5.41) is 13.7. The fourth-order valence-electron chi connectivity index (χ4n) is 2.23. The number of hydrogen-bond donors (Lipinski definition) is 1. The zero-order chi connectivity index (χ0) is 12.5. The summed E-state index contributed by atoms with van der Waals surface area (Å²) >= 11 is 3.44. The van der Waals surface area contributed by atoms with Crippen molar-refractivity contribution in [2.75, 3.05) is 0 Å². The van der Waals surface area contributed by atoms with Crippen LogP contribution in [0.4, 0.5) is 0 Å². The lowest BCUT2D eigenvalue weighted by molar-refractivity contribution is 0.172. The molecule has 0 saturated carbocycles. The summed E-state index contributed by atoms with van der Waals surface area (Å²) in [7, 11) is 0. The molecular formula is C14H15NOS2. The van der Waals surface area contributed by atoms with Crippen LogP contribution in [0.5, 0.6) is 0 Å². The third-order valence-electron chi connectivity index (χ3n) is 3.15. The molecule has 2 unspecified atom stereocenters. The van der Waals surface area contributed by atoms with E-state index in [9.17, 15) is 5.11 Å². The maximum Gasteiger partial charge on any atom is 0.0954 e. The SMILES string of the molecule is Cc1csc(CC(O)C2Cc3ccccc3S2)n1. The van der Waals surface area contributed by atoms with Gasteiger partial charge in [-0.1, -0.05) is 18.2 Å². The summed E-state index contributed by atoms with van der Waals surface area (Å²) in [6.45, 7) is 1.99. The summed E-state index contributed by atoms with van der Waals surface area (Å²) in [6, 6.07) is 8.42. The first-order chi connectivity index (χ1) is 8.72. The van der Waals surface area contributed by atoms with Crippen molar-refractivity contribution in [2.45, 2.75) is 36.0 Å². The minimum Gasteiger partial charge on any atom is -0.392 e. The first-order valence-electron chi connectivity index (χ1n) is 6.06. The predicted octanol–water partition coefficient (Wildman–Crippen LogP) is 3.07. The van der Waals surface area contributed by atoms with Crippen LogP contribution >= 0.6 is 23.1 Å². The number of aromatic nitrogens is 1. The molecular weight excluding hydrogens is 262 g/mol. The molecule has 0 radical (unpaired) electrons. The van der Waals surface area contributed by atoms with Crippen molar-refractivity contribution in [2.24, 2.45) is 0 Å². The van der Waals surface area contributed by atoms with Crippen LogP contribution in [0.25, 0.3) is 0 Å². The highest BCUT2D eigenvalue weighted by Crippen LogP contribution is 2.38. The van der Waals surface area contributed by atoms with Crippen LogP contribution < -0.4 is 0 Å². The minimum atomic E-state index is -0.312. The van der Waals surface area contributed by atoms with Gasteiger partial charge in [-0.2, -0.15) is 0 Å². The molecule has 1 aromatic carbocycles. The molecule has 4 heteroatoms. The topological polar surface area (TPSA) is 33.1 Å². The van der Waals surface area contributed by atoms with Crippen molar-refractivity contribution < 1.29 is 5.11 Å². The highest BCUT2D eigenvalue weighted by atomic mass is 32.2. The number of hydrogen-bond acceptors (Lipinski definition) is 4. The number of aliphatic hydroxyl groups excluding tert-OH is 1. The summed E-state index contributed by atoms with van der Waals surface area (Å²) in [5.74, 6) is 0. The molecule has 0 bridgehead atoms. The molecule has 1 aliphatic heterocycles. The van der Waals surface area contributed by atoms with E-state index in [0.29, 0.717) is 6.42 Å². The molecule has 94 valence electrons. The molecule has 0 amide bonds. The van der Waals surface area contributed by atoms with Gasteiger partial charge in [0.25, 0.3) is 0 Å². The Balaban J connectivity index is 1.67. The second-order valence-corrected chi connectivity index (χ2v) is 6.85. The molecule has 1 aromatic heterocycles. The van der Waals surface area contributed by atoms with Gasteiger partial charge in [0.05, 0.1) is 11.1 Å². The van der Waals surface area contributed by atoms with E-state index < -0.39 is 0 Å². The lowest BCUT2D eigenvalue weighted by Gasteiger charge is -2.15. The first kappa shape index (κ1) is 12.2. The zero-order valence-electron chi connectivity index (χ0n) is 10.2. The molecule has 0 spiro atoms. The number of aryl methyl sites for hydroxylation is 1. The number of nitrogens with zero attached hydrogens (tertiary/aromatic N) is 1. The third-order valence-corrected chi connectivity index (χ3v) is 5.58. The Hall–Kier alpha value is -0.840. The summed E-state index contributed by atoms with van der Waals surface area (Å²) < 4.78 is 0. The van der Waals surface area contributed by atoms with Crippen LogP contribution in [0.2, 0.25) is 0 Å². The minimum absolute atomic E-state index is 0.270. The average molecular weight is 277 g/mol. The van der Waals surface area contributed by atoms with Crippen molar-refractivity contribution in [1.29, 1.82) is 0 Å². The molecule has 2 atom stereocenters. The molecule has 0 aliphatic carbocycles. The number of fused-ring (bicyclic) bond motifs is 1. The van der Waals surface area contributed by atoms with Crippen molar-refractivity contribution in [3.63, 3.8) is 0 Å². The van der Waals surface area contributed by atoms with Crippen LogP contribution in [-0.4, -0.2) is 21.4 Å². The van der Waals surface area contributed by atoms with Crippen LogP contribution in [0, 0.1) is 6.92 Å². The van der Waals surface area contributed by atoms with Crippen molar-refractivity contribution in [3.05, 3.63) is 45.9 Å². The van der Waals surface area contributed by atoms with Crippen LogP contribution in [0.3, 0.4) is 0 Å². The molecule has 1 aliphatic rings. The summed E-state index contributed by atoms with van der Waals surface area (Å²) in [6.07, 6.45) is 1.32. The Labute approximate surface area is 115 Å². The van der Waals surface area contributed by atoms with Crippen LogP contribution in [0.15, 0.2) is 34.5 Å². The van der Waals surface area contributed by atoms with Crippen molar-refractivity contribution in [3.8, 4) is 0 Å². The molecule has 2 aromatic rings. The van der Waals surface area contributed by atoms with E-state index in [4.69, 9.17) is 0 Å².